The van der Waals surface area contributed by atoms with Gasteiger partial charge in [0, 0.05) is 53.9 Å². The molecule has 0 saturated carbocycles. The van der Waals surface area contributed by atoms with E-state index < -0.39 is 6.37 Å². The summed E-state index contributed by atoms with van der Waals surface area (Å²) in [6.45, 7) is 26.0. The molecule has 8 aromatic carbocycles. The second-order valence-corrected chi connectivity index (χ2v) is 21.9. The molecule has 0 bridgehead atoms. The van der Waals surface area contributed by atoms with Gasteiger partial charge in [-0.05, 0) is 115 Å². The van der Waals surface area contributed by atoms with Gasteiger partial charge in [-0.1, -0.05) is 171 Å². The lowest BCUT2D eigenvalue weighted by molar-refractivity contribution is 0.483. The van der Waals surface area contributed by atoms with E-state index in [1.165, 1.54) is 5.56 Å². The Morgan fingerprint density at radius 3 is 1.90 bits per heavy atom. The summed E-state index contributed by atoms with van der Waals surface area (Å²) < 4.78 is 30.4. The van der Waals surface area contributed by atoms with Gasteiger partial charge in [-0.3, -0.25) is 4.57 Å². The lowest BCUT2D eigenvalue weighted by Crippen LogP contribution is -2.15. The summed E-state index contributed by atoms with van der Waals surface area (Å²) in [5.74, 6) is 1.80. The van der Waals surface area contributed by atoms with Crippen LogP contribution in [0.1, 0.15) is 74.8 Å². The summed E-state index contributed by atoms with van der Waals surface area (Å²) in [6.07, 6.45) is 0.329. The van der Waals surface area contributed by atoms with E-state index in [4.69, 9.17) is 16.3 Å². The van der Waals surface area contributed by atoms with Crippen molar-refractivity contribution in [2.24, 2.45) is 5.92 Å². The van der Waals surface area contributed by atoms with Crippen molar-refractivity contribution in [3.8, 4) is 28.4 Å². The van der Waals surface area contributed by atoms with Crippen LogP contribution in [0.2, 0.25) is 0 Å². The Labute approximate surface area is 430 Å². The summed E-state index contributed by atoms with van der Waals surface area (Å²) in [6, 6.07) is 61.7. The Morgan fingerprint density at radius 2 is 1.22 bits per heavy atom. The normalized spacial score (nSPS) is 13.3. The molecule has 1 aliphatic rings. The molecule has 0 N–H and O–H groups in total. The van der Waals surface area contributed by atoms with Gasteiger partial charge < -0.3 is 14.2 Å². The van der Waals surface area contributed by atoms with Crippen molar-refractivity contribution in [1.82, 2.24) is 14.1 Å². The number of hydrogen-bond donors (Lipinski definition) is 0. The van der Waals surface area contributed by atoms with Crippen molar-refractivity contribution in [3.05, 3.63) is 210 Å². The van der Waals surface area contributed by atoms with Crippen LogP contribution in [0.3, 0.4) is 0 Å². The molecule has 4 heterocycles. The van der Waals surface area contributed by atoms with Crippen molar-refractivity contribution in [2.45, 2.75) is 79.3 Å². The predicted molar refractivity (Wildman–Crippen MR) is 307 cm³/mol. The molecule has 0 atom stereocenters. The average Bonchev–Trinajstić information content (AvgIpc) is 3.98. The second-order valence-electron chi connectivity index (χ2n) is 21.9. The van der Waals surface area contributed by atoms with E-state index in [0.717, 1.165) is 99.0 Å². The molecule has 0 saturated heterocycles. The van der Waals surface area contributed by atoms with E-state index >= 15 is 0 Å². The Kier molecular flexibility index (Phi) is 10.4. The fourth-order valence-corrected chi connectivity index (χ4v) is 11.0. The lowest BCUT2D eigenvalue weighted by atomic mass is 9.83. The van der Waals surface area contributed by atoms with Crippen LogP contribution < -0.4 is 9.64 Å². The average molecular weight is 952 g/mol. The highest BCUT2D eigenvalue weighted by atomic mass is 16.5. The van der Waals surface area contributed by atoms with Gasteiger partial charge in [-0.15, -0.1) is 0 Å². The van der Waals surface area contributed by atoms with Gasteiger partial charge in [0.25, 0.3) is 0 Å². The Hall–Kier alpha value is -8.40. The van der Waals surface area contributed by atoms with Gasteiger partial charge in [0.1, 0.15) is 24.0 Å². The monoisotopic (exact) mass is 951 g/mol. The zero-order chi connectivity index (χ0) is 52.1. The SMILES string of the molecule is [2H]C([2H])(c1cc(-c2cccc3c4ccccc4c4ccccc4c4cccc5c4n(c23)CN5c2cc([N+]#[C-])cc(Oc3ccc4c5ccccc5n(-c5cc(C(C)(C)C)ccn5)c4c3)c2)cc(C(C)(C)C)c1)C(C)C. The smallest absolute Gasteiger partial charge is 0.192 e. The first-order valence-corrected chi connectivity index (χ1v) is 25.3. The summed E-state index contributed by atoms with van der Waals surface area (Å²) in [5.41, 5.74) is 11.0. The second kappa shape index (κ2) is 17.4. The summed E-state index contributed by atoms with van der Waals surface area (Å²) in [7, 11) is 0. The molecule has 11 aromatic rings. The minimum atomic E-state index is -1.57. The number of aromatic nitrogens is 3. The van der Waals surface area contributed by atoms with Crippen LogP contribution in [0.5, 0.6) is 11.5 Å². The van der Waals surface area contributed by atoms with Crippen LogP contribution >= 0.6 is 0 Å². The van der Waals surface area contributed by atoms with Crippen LogP contribution in [-0.4, -0.2) is 14.1 Å². The van der Waals surface area contributed by atoms with Gasteiger partial charge >= 0.3 is 0 Å². The van der Waals surface area contributed by atoms with E-state index in [-0.39, 0.29) is 16.7 Å². The largest absolute Gasteiger partial charge is 0.459 e. The van der Waals surface area contributed by atoms with E-state index in [1.807, 2.05) is 38.2 Å². The number of nitrogens with zero attached hydrogens (tertiary/aromatic N) is 5. The number of fused-ring (bicyclic) bond motifs is 10. The van der Waals surface area contributed by atoms with Crippen LogP contribution in [0, 0.1) is 12.5 Å². The number of anilines is 2. The van der Waals surface area contributed by atoms with Crippen molar-refractivity contribution in [2.75, 3.05) is 4.90 Å². The molecule has 0 unspecified atom stereocenters. The van der Waals surface area contributed by atoms with Crippen molar-refractivity contribution < 1.29 is 7.48 Å². The number of pyridine rings is 1. The molecular weight excluding hydrogens is 891 g/mol. The topological polar surface area (TPSA) is 39.6 Å². The maximum Gasteiger partial charge on any atom is 0.192 e. The standard InChI is InChI=1S/C67H59N5O/c1-42(2)32-43-33-44(35-46(34-43)67(6,7)8)51-23-16-24-58-54-20-12-10-18-52(54)53-19-11-13-21-55(53)59-25-17-27-61-65(59)71(64(51)58)41-70(61)48-37-47(68-9)38-50(39-48)73-49-28-29-57-56-22-14-15-26-60(56)72(62(57)40-49)63-36-45(30-31-69-63)66(3,4)5/h10-31,33-40,42H,32,41H2,1-8H3/i32D2. The van der Waals surface area contributed by atoms with Gasteiger partial charge in [0.05, 0.1) is 34.3 Å². The molecule has 0 radical (unpaired) electrons. The van der Waals surface area contributed by atoms with E-state index in [2.05, 4.69) is 218 Å². The summed E-state index contributed by atoms with van der Waals surface area (Å²) in [4.78, 5) is 11.2. The zero-order valence-corrected chi connectivity index (χ0v) is 42.7. The first-order valence-electron chi connectivity index (χ1n) is 26.3. The van der Waals surface area contributed by atoms with Gasteiger partial charge in [-0.25, -0.2) is 9.83 Å². The predicted octanol–water partition coefficient (Wildman–Crippen LogP) is 18.6. The fourth-order valence-electron chi connectivity index (χ4n) is 11.0. The molecule has 12 rings (SSSR count). The third kappa shape index (κ3) is 8.01. The molecule has 0 amide bonds. The minimum Gasteiger partial charge on any atom is -0.459 e. The molecular formula is C67H59N5O. The lowest BCUT2D eigenvalue weighted by Gasteiger charge is -2.23. The van der Waals surface area contributed by atoms with Gasteiger partial charge in [0.2, 0.25) is 0 Å². The maximum atomic E-state index is 9.40. The van der Waals surface area contributed by atoms with Crippen molar-refractivity contribution in [3.63, 3.8) is 0 Å². The molecule has 0 aliphatic carbocycles. The number of rotatable bonds is 7. The Morgan fingerprint density at radius 1 is 0.589 bits per heavy atom. The summed E-state index contributed by atoms with van der Waals surface area (Å²) in [5, 5.41) is 8.90. The van der Waals surface area contributed by atoms with E-state index in [0.29, 0.717) is 29.4 Å². The zero-order valence-electron chi connectivity index (χ0n) is 44.7. The Bertz CT molecular complexity index is 4250. The number of benzene rings is 8. The van der Waals surface area contributed by atoms with E-state index in [1.54, 1.807) is 0 Å². The van der Waals surface area contributed by atoms with Gasteiger partial charge in [-0.2, -0.15) is 0 Å². The van der Waals surface area contributed by atoms with Gasteiger partial charge in [0.15, 0.2) is 5.69 Å². The number of para-hydroxylation sites is 3. The van der Waals surface area contributed by atoms with Crippen LogP contribution in [-0.2, 0) is 23.9 Å². The van der Waals surface area contributed by atoms with E-state index in [9.17, 15) is 2.74 Å². The molecule has 3 aromatic heterocycles. The first kappa shape index (κ1) is 43.4. The highest BCUT2D eigenvalue weighted by Crippen LogP contribution is 2.47. The third-order valence-electron chi connectivity index (χ3n) is 14.5. The molecule has 6 heteroatoms. The van der Waals surface area contributed by atoms with Crippen LogP contribution in [0.15, 0.2) is 182 Å². The maximum absolute atomic E-state index is 9.40. The molecule has 6 nitrogen and oxygen atoms in total. The number of ether oxygens (including phenoxy) is 1. The molecule has 73 heavy (non-hydrogen) atoms. The molecule has 1 aliphatic heterocycles. The fraction of sp³-hybridized carbons (Fsp3) is 0.194. The number of hydrogen-bond acceptors (Lipinski definition) is 3. The Balaban J connectivity index is 1.08. The molecule has 358 valence electrons. The molecule has 0 spiro atoms. The minimum absolute atomic E-state index is 0.0594. The van der Waals surface area contributed by atoms with Crippen LogP contribution in [0.4, 0.5) is 17.1 Å². The highest BCUT2D eigenvalue weighted by Gasteiger charge is 2.27. The van der Waals surface area contributed by atoms with Crippen molar-refractivity contribution >= 4 is 82.2 Å². The summed E-state index contributed by atoms with van der Waals surface area (Å²) >= 11 is 0. The van der Waals surface area contributed by atoms with Crippen molar-refractivity contribution in [1.29, 1.82) is 0 Å². The molecule has 0 fully saturated rings. The third-order valence-corrected chi connectivity index (χ3v) is 14.5. The highest BCUT2D eigenvalue weighted by molar-refractivity contribution is 6.22. The van der Waals surface area contributed by atoms with Crippen LogP contribution in [0.25, 0.3) is 86.9 Å². The quantitative estimate of drug-likeness (QED) is 0.149. The first-order chi connectivity index (χ1) is 36.0.